The van der Waals surface area contributed by atoms with Crippen LogP contribution in [0.2, 0.25) is 0 Å². The second-order valence-corrected chi connectivity index (χ2v) is 7.35. The molecule has 2 aliphatic heterocycles. The third-order valence-corrected chi connectivity index (χ3v) is 5.50. The number of nitrogens with one attached hydrogen (secondary N) is 1. The number of aromatic nitrogens is 2. The van der Waals surface area contributed by atoms with Crippen LogP contribution in [0.25, 0.3) is 5.69 Å². The third-order valence-electron chi connectivity index (χ3n) is 5.50. The maximum absolute atomic E-state index is 12.7. The van der Waals surface area contributed by atoms with E-state index in [0.29, 0.717) is 19.6 Å². The number of aryl methyl sites for hydroxylation is 2. The lowest BCUT2D eigenvalue weighted by Crippen LogP contribution is -2.40. The average molecular weight is 354 g/mol. The molecule has 26 heavy (non-hydrogen) atoms. The molecule has 0 unspecified atom stereocenters. The predicted octanol–water partition coefficient (Wildman–Crippen LogP) is 1.12. The normalized spacial score (nSPS) is 24.9. The molecule has 0 saturated carbocycles. The number of carboxylic acids is 1. The zero-order valence-corrected chi connectivity index (χ0v) is 14.9. The summed E-state index contributed by atoms with van der Waals surface area (Å²) in [6, 6.07) is 9.90. The fraction of sp³-hybridized carbons (Fsp3) is 0.421. The number of hydrogen-bond donors (Lipinski definition) is 2. The van der Waals surface area contributed by atoms with Crippen molar-refractivity contribution in [1.29, 1.82) is 0 Å². The molecule has 0 radical (unpaired) electrons. The van der Waals surface area contributed by atoms with Crippen molar-refractivity contribution in [3.8, 4) is 5.69 Å². The first-order valence-corrected chi connectivity index (χ1v) is 8.76. The molecule has 2 saturated heterocycles. The molecule has 2 atom stereocenters. The molecule has 3 heterocycles. The van der Waals surface area contributed by atoms with Crippen LogP contribution in [-0.2, 0) is 16.1 Å². The highest BCUT2D eigenvalue weighted by Crippen LogP contribution is 2.40. The molecule has 4 rings (SSSR count). The Hall–Kier alpha value is -2.67. The molecular weight excluding hydrogens is 332 g/mol. The van der Waals surface area contributed by atoms with Crippen molar-refractivity contribution >= 4 is 11.9 Å². The number of amides is 1. The molecule has 1 aromatic heterocycles. The summed E-state index contributed by atoms with van der Waals surface area (Å²) in [5, 5.41) is 17.2. The molecule has 0 spiro atoms. The minimum atomic E-state index is -0.996. The lowest BCUT2D eigenvalue weighted by Gasteiger charge is -2.22. The number of benzene rings is 1. The van der Waals surface area contributed by atoms with Crippen molar-refractivity contribution in [2.45, 2.75) is 20.4 Å². The van der Waals surface area contributed by atoms with E-state index in [1.807, 2.05) is 48.9 Å². The number of carbonyl (C=O) groups is 2. The number of fused-ring (bicyclic) bond motifs is 1. The van der Waals surface area contributed by atoms with Gasteiger partial charge in [-0.1, -0.05) is 12.1 Å². The minimum absolute atomic E-state index is 0.0751. The monoisotopic (exact) mass is 354 g/mol. The zero-order valence-electron chi connectivity index (χ0n) is 14.9. The molecular formula is C19H22N4O3. The van der Waals surface area contributed by atoms with Crippen molar-refractivity contribution in [2.75, 3.05) is 19.6 Å². The second-order valence-electron chi connectivity index (χ2n) is 7.35. The lowest BCUT2D eigenvalue weighted by molar-refractivity contribution is -0.149. The Morgan fingerprint density at radius 1 is 1.38 bits per heavy atom. The van der Waals surface area contributed by atoms with Gasteiger partial charge in [0.1, 0.15) is 5.41 Å². The standard InChI is InChI=1S/C19H22N4O3/c1-12-6-13(2)23(21-12)15-5-3-4-14(7-15)9-22-11-19(18(25)26)10-20-8-16(19)17(22)24/h3-7,16,20H,8-11H2,1-2H3,(H,25,26)/t16-,19-/m0/s1. The molecule has 2 aliphatic rings. The predicted molar refractivity (Wildman–Crippen MR) is 94.9 cm³/mol. The summed E-state index contributed by atoms with van der Waals surface area (Å²) in [4.78, 5) is 26.2. The highest BCUT2D eigenvalue weighted by molar-refractivity contribution is 5.92. The number of nitrogens with zero attached hydrogens (tertiary/aromatic N) is 3. The number of rotatable bonds is 4. The van der Waals surface area contributed by atoms with Crippen LogP contribution in [0.15, 0.2) is 30.3 Å². The second kappa shape index (κ2) is 5.95. The number of likely N-dealkylation sites (tertiary alicyclic amines) is 1. The van der Waals surface area contributed by atoms with Crippen LogP contribution in [0.4, 0.5) is 0 Å². The minimum Gasteiger partial charge on any atom is -0.481 e. The van der Waals surface area contributed by atoms with Gasteiger partial charge in [0.2, 0.25) is 5.91 Å². The van der Waals surface area contributed by atoms with E-state index in [9.17, 15) is 14.7 Å². The van der Waals surface area contributed by atoms with E-state index in [1.165, 1.54) is 0 Å². The van der Waals surface area contributed by atoms with Crippen LogP contribution in [0.1, 0.15) is 17.0 Å². The van der Waals surface area contributed by atoms with Gasteiger partial charge in [-0.25, -0.2) is 4.68 Å². The van der Waals surface area contributed by atoms with Crippen molar-refractivity contribution in [2.24, 2.45) is 11.3 Å². The van der Waals surface area contributed by atoms with E-state index < -0.39 is 17.3 Å². The van der Waals surface area contributed by atoms with Gasteiger partial charge in [0, 0.05) is 31.9 Å². The molecule has 1 amide bonds. The number of aliphatic carboxylic acids is 1. The van der Waals surface area contributed by atoms with Gasteiger partial charge in [0.15, 0.2) is 0 Å². The number of hydrogen-bond acceptors (Lipinski definition) is 4. The molecule has 7 heteroatoms. The van der Waals surface area contributed by atoms with E-state index >= 15 is 0 Å². The van der Waals surface area contributed by atoms with E-state index in [0.717, 1.165) is 22.6 Å². The highest BCUT2D eigenvalue weighted by atomic mass is 16.4. The van der Waals surface area contributed by atoms with Crippen molar-refractivity contribution < 1.29 is 14.7 Å². The molecule has 2 aromatic rings. The summed E-state index contributed by atoms with van der Waals surface area (Å²) in [7, 11) is 0. The fourth-order valence-electron chi connectivity index (χ4n) is 4.21. The highest BCUT2D eigenvalue weighted by Gasteiger charge is 2.59. The SMILES string of the molecule is Cc1cc(C)n(-c2cccc(CN3C[C@@]4(C(=O)O)CNC[C@H]4C3=O)c2)n1. The van der Waals surface area contributed by atoms with Gasteiger partial charge in [-0.05, 0) is 37.6 Å². The quantitative estimate of drug-likeness (QED) is 0.859. The first-order valence-electron chi connectivity index (χ1n) is 8.76. The van der Waals surface area contributed by atoms with E-state index in [2.05, 4.69) is 10.4 Å². The number of carboxylic acid groups (broad SMARTS) is 1. The van der Waals surface area contributed by atoms with Gasteiger partial charge in [-0.2, -0.15) is 5.10 Å². The lowest BCUT2D eigenvalue weighted by atomic mass is 9.81. The van der Waals surface area contributed by atoms with Crippen LogP contribution in [-0.4, -0.2) is 51.3 Å². The Morgan fingerprint density at radius 2 is 2.19 bits per heavy atom. The summed E-state index contributed by atoms with van der Waals surface area (Å²) in [5.41, 5.74) is 2.91. The molecule has 0 bridgehead atoms. The van der Waals surface area contributed by atoms with Gasteiger partial charge in [-0.15, -0.1) is 0 Å². The maximum atomic E-state index is 12.7. The molecule has 0 aliphatic carbocycles. The molecule has 136 valence electrons. The van der Waals surface area contributed by atoms with E-state index in [4.69, 9.17) is 0 Å². The average Bonchev–Trinajstić information content (AvgIpc) is 3.23. The zero-order chi connectivity index (χ0) is 18.5. The molecule has 1 aromatic carbocycles. The summed E-state index contributed by atoms with van der Waals surface area (Å²) in [6.07, 6.45) is 0. The van der Waals surface area contributed by atoms with Crippen molar-refractivity contribution in [3.05, 3.63) is 47.3 Å². The Balaban J connectivity index is 1.59. The van der Waals surface area contributed by atoms with Crippen LogP contribution in [0.3, 0.4) is 0 Å². The Morgan fingerprint density at radius 3 is 2.85 bits per heavy atom. The smallest absolute Gasteiger partial charge is 0.313 e. The summed E-state index contributed by atoms with van der Waals surface area (Å²) >= 11 is 0. The van der Waals surface area contributed by atoms with Crippen LogP contribution in [0, 0.1) is 25.2 Å². The first-order chi connectivity index (χ1) is 12.4. The first kappa shape index (κ1) is 16.8. The van der Waals surface area contributed by atoms with Crippen LogP contribution < -0.4 is 5.32 Å². The van der Waals surface area contributed by atoms with Gasteiger partial charge < -0.3 is 15.3 Å². The van der Waals surface area contributed by atoms with Crippen molar-refractivity contribution in [1.82, 2.24) is 20.0 Å². The molecule has 2 N–H and O–H groups in total. The molecule has 7 nitrogen and oxygen atoms in total. The van der Waals surface area contributed by atoms with Gasteiger partial charge in [-0.3, -0.25) is 9.59 Å². The Bertz CT molecular complexity index is 891. The largest absolute Gasteiger partial charge is 0.481 e. The third kappa shape index (κ3) is 2.50. The Kier molecular flexibility index (Phi) is 3.84. The topological polar surface area (TPSA) is 87.5 Å². The molecule has 2 fully saturated rings. The maximum Gasteiger partial charge on any atom is 0.313 e. The van der Waals surface area contributed by atoms with Gasteiger partial charge >= 0.3 is 5.97 Å². The van der Waals surface area contributed by atoms with E-state index in [1.54, 1.807) is 4.90 Å². The fourth-order valence-corrected chi connectivity index (χ4v) is 4.21. The number of carbonyl (C=O) groups excluding carboxylic acids is 1. The van der Waals surface area contributed by atoms with Crippen LogP contribution in [0.5, 0.6) is 0 Å². The van der Waals surface area contributed by atoms with Gasteiger partial charge in [0.25, 0.3) is 0 Å². The summed E-state index contributed by atoms with van der Waals surface area (Å²) in [5.74, 6) is -1.44. The van der Waals surface area contributed by atoms with E-state index in [-0.39, 0.29) is 12.5 Å². The van der Waals surface area contributed by atoms with Crippen LogP contribution >= 0.6 is 0 Å². The Labute approximate surface area is 151 Å². The summed E-state index contributed by atoms with van der Waals surface area (Å²) in [6.45, 7) is 5.41. The summed E-state index contributed by atoms with van der Waals surface area (Å²) < 4.78 is 1.88. The van der Waals surface area contributed by atoms with Crippen molar-refractivity contribution in [3.63, 3.8) is 0 Å². The van der Waals surface area contributed by atoms with Gasteiger partial charge in [0.05, 0.1) is 17.3 Å².